The SMILES string of the molecule is Cc1ccccc1C(=O)NNC(=O)/C=C/c1cccc(C(F)(F)F)c1. The lowest BCUT2D eigenvalue weighted by molar-refractivity contribution is -0.137. The number of nitrogens with one attached hydrogen (secondary N) is 2. The first-order valence-electron chi connectivity index (χ1n) is 7.28. The minimum Gasteiger partial charge on any atom is -0.268 e. The number of carbonyl (C=O) groups excluding carboxylic acids is 2. The van der Waals surface area contributed by atoms with Crippen molar-refractivity contribution in [2.45, 2.75) is 13.1 Å². The van der Waals surface area contributed by atoms with E-state index in [0.717, 1.165) is 23.8 Å². The normalized spacial score (nSPS) is 11.4. The molecule has 7 heteroatoms. The molecule has 0 aromatic heterocycles. The van der Waals surface area contributed by atoms with Gasteiger partial charge in [-0.05, 0) is 42.3 Å². The first-order valence-corrected chi connectivity index (χ1v) is 7.28. The monoisotopic (exact) mass is 348 g/mol. The lowest BCUT2D eigenvalue weighted by atomic mass is 10.1. The molecule has 2 N–H and O–H groups in total. The molecule has 2 aromatic carbocycles. The van der Waals surface area contributed by atoms with E-state index in [1.54, 1.807) is 31.2 Å². The summed E-state index contributed by atoms with van der Waals surface area (Å²) < 4.78 is 37.9. The van der Waals surface area contributed by atoms with E-state index in [4.69, 9.17) is 0 Å². The first-order chi connectivity index (χ1) is 11.8. The molecule has 0 saturated carbocycles. The van der Waals surface area contributed by atoms with Gasteiger partial charge in [0.05, 0.1) is 5.56 Å². The molecule has 0 radical (unpaired) electrons. The minimum atomic E-state index is -4.45. The van der Waals surface area contributed by atoms with E-state index in [1.807, 2.05) is 0 Å². The second-order valence-corrected chi connectivity index (χ2v) is 5.21. The molecule has 0 fully saturated rings. The van der Waals surface area contributed by atoms with Crippen LogP contribution in [0.1, 0.15) is 27.0 Å². The Labute approximate surface area is 142 Å². The fraction of sp³-hybridized carbons (Fsp3) is 0.111. The van der Waals surface area contributed by atoms with Crippen molar-refractivity contribution in [2.24, 2.45) is 0 Å². The Balaban J connectivity index is 1.95. The number of hydrogen-bond acceptors (Lipinski definition) is 2. The Morgan fingerprint density at radius 2 is 1.72 bits per heavy atom. The van der Waals surface area contributed by atoms with Crippen LogP contribution < -0.4 is 10.9 Å². The van der Waals surface area contributed by atoms with Gasteiger partial charge in [-0.25, -0.2) is 0 Å². The van der Waals surface area contributed by atoms with Crippen LogP contribution in [0, 0.1) is 6.92 Å². The maximum absolute atomic E-state index is 12.6. The van der Waals surface area contributed by atoms with E-state index in [2.05, 4.69) is 10.9 Å². The summed E-state index contributed by atoms with van der Waals surface area (Å²) in [6, 6.07) is 11.4. The molecular weight excluding hydrogens is 333 g/mol. The summed E-state index contributed by atoms with van der Waals surface area (Å²) in [5.74, 6) is -1.15. The molecule has 0 aliphatic rings. The summed E-state index contributed by atoms with van der Waals surface area (Å²) >= 11 is 0. The van der Waals surface area contributed by atoms with Gasteiger partial charge in [-0.15, -0.1) is 0 Å². The van der Waals surface area contributed by atoms with Crippen molar-refractivity contribution in [2.75, 3.05) is 0 Å². The van der Waals surface area contributed by atoms with Crippen molar-refractivity contribution >= 4 is 17.9 Å². The fourth-order valence-corrected chi connectivity index (χ4v) is 2.05. The molecule has 0 aliphatic heterocycles. The summed E-state index contributed by atoms with van der Waals surface area (Å²) in [4.78, 5) is 23.6. The van der Waals surface area contributed by atoms with Gasteiger partial charge in [-0.3, -0.25) is 20.4 Å². The van der Waals surface area contributed by atoms with Crippen LogP contribution in [0.4, 0.5) is 13.2 Å². The Morgan fingerprint density at radius 1 is 1.00 bits per heavy atom. The van der Waals surface area contributed by atoms with Crippen molar-refractivity contribution in [3.8, 4) is 0 Å². The zero-order valence-electron chi connectivity index (χ0n) is 13.2. The molecule has 2 aromatic rings. The highest BCUT2D eigenvalue weighted by molar-refractivity contribution is 5.98. The third-order valence-electron chi connectivity index (χ3n) is 3.33. The number of benzene rings is 2. The number of amides is 2. The lowest BCUT2D eigenvalue weighted by Gasteiger charge is -2.08. The molecule has 130 valence electrons. The van der Waals surface area contributed by atoms with E-state index in [9.17, 15) is 22.8 Å². The number of hydrogen-bond donors (Lipinski definition) is 2. The maximum Gasteiger partial charge on any atom is 0.416 e. The lowest BCUT2D eigenvalue weighted by Crippen LogP contribution is -2.41. The van der Waals surface area contributed by atoms with Crippen molar-refractivity contribution in [3.63, 3.8) is 0 Å². The molecule has 2 rings (SSSR count). The Hall–Kier alpha value is -3.09. The average molecular weight is 348 g/mol. The highest BCUT2D eigenvalue weighted by Gasteiger charge is 2.30. The Kier molecular flexibility index (Phi) is 5.59. The Bertz CT molecular complexity index is 814. The van der Waals surface area contributed by atoms with Gasteiger partial charge < -0.3 is 0 Å². The third kappa shape index (κ3) is 5.20. The van der Waals surface area contributed by atoms with Crippen molar-refractivity contribution < 1.29 is 22.8 Å². The number of carbonyl (C=O) groups is 2. The molecular formula is C18H15F3N2O2. The van der Waals surface area contributed by atoms with Crippen LogP contribution in [0.25, 0.3) is 6.08 Å². The number of hydrazine groups is 1. The van der Waals surface area contributed by atoms with Gasteiger partial charge in [-0.2, -0.15) is 13.2 Å². The summed E-state index contributed by atoms with van der Waals surface area (Å²) in [5, 5.41) is 0. The van der Waals surface area contributed by atoms with Crippen LogP contribution in [0.3, 0.4) is 0 Å². The van der Waals surface area contributed by atoms with E-state index < -0.39 is 23.6 Å². The molecule has 0 heterocycles. The average Bonchev–Trinajstić information content (AvgIpc) is 2.58. The highest BCUT2D eigenvalue weighted by Crippen LogP contribution is 2.29. The predicted molar refractivity (Wildman–Crippen MR) is 87.3 cm³/mol. The fourth-order valence-electron chi connectivity index (χ4n) is 2.05. The van der Waals surface area contributed by atoms with Crippen molar-refractivity contribution in [1.82, 2.24) is 10.9 Å². The third-order valence-corrected chi connectivity index (χ3v) is 3.33. The molecule has 0 atom stereocenters. The molecule has 0 spiro atoms. The van der Waals surface area contributed by atoms with Crippen LogP contribution in [0.5, 0.6) is 0 Å². The van der Waals surface area contributed by atoms with Crippen LogP contribution >= 0.6 is 0 Å². The molecule has 4 nitrogen and oxygen atoms in total. The van der Waals surface area contributed by atoms with Gasteiger partial charge in [0.2, 0.25) is 0 Å². The van der Waals surface area contributed by atoms with Crippen molar-refractivity contribution in [3.05, 3.63) is 76.9 Å². The van der Waals surface area contributed by atoms with Crippen LogP contribution in [0.15, 0.2) is 54.6 Å². The summed E-state index contributed by atoms with van der Waals surface area (Å²) in [6.07, 6.45) is -2.19. The molecule has 0 unspecified atom stereocenters. The molecule has 0 aliphatic carbocycles. The highest BCUT2D eigenvalue weighted by atomic mass is 19.4. The Morgan fingerprint density at radius 3 is 2.40 bits per heavy atom. The topological polar surface area (TPSA) is 58.2 Å². The predicted octanol–water partition coefficient (Wildman–Crippen LogP) is 3.49. The molecule has 0 bridgehead atoms. The zero-order valence-corrected chi connectivity index (χ0v) is 13.2. The quantitative estimate of drug-likeness (QED) is 0.659. The van der Waals surface area contributed by atoms with Gasteiger partial charge in [-0.1, -0.05) is 30.3 Å². The molecule has 0 saturated heterocycles. The summed E-state index contributed by atoms with van der Waals surface area (Å²) in [6.45, 7) is 1.75. The van der Waals surface area contributed by atoms with E-state index in [1.165, 1.54) is 18.2 Å². The van der Waals surface area contributed by atoms with Crippen molar-refractivity contribution in [1.29, 1.82) is 0 Å². The molecule has 2 amide bonds. The van der Waals surface area contributed by atoms with E-state index >= 15 is 0 Å². The van der Waals surface area contributed by atoms with Gasteiger partial charge >= 0.3 is 6.18 Å². The second-order valence-electron chi connectivity index (χ2n) is 5.21. The summed E-state index contributed by atoms with van der Waals surface area (Å²) in [7, 11) is 0. The largest absolute Gasteiger partial charge is 0.416 e. The maximum atomic E-state index is 12.6. The first kappa shape index (κ1) is 18.3. The summed E-state index contributed by atoms with van der Waals surface area (Å²) in [5.41, 5.74) is 4.98. The van der Waals surface area contributed by atoms with E-state index in [-0.39, 0.29) is 5.56 Å². The zero-order chi connectivity index (χ0) is 18.4. The van der Waals surface area contributed by atoms with E-state index in [0.29, 0.717) is 5.56 Å². The second kappa shape index (κ2) is 7.65. The number of aryl methyl sites for hydroxylation is 1. The number of alkyl halides is 3. The van der Waals surface area contributed by atoms with Crippen LogP contribution in [-0.4, -0.2) is 11.8 Å². The van der Waals surface area contributed by atoms with Gasteiger partial charge in [0.15, 0.2) is 0 Å². The number of rotatable bonds is 3. The minimum absolute atomic E-state index is 0.218. The van der Waals surface area contributed by atoms with Gasteiger partial charge in [0.25, 0.3) is 11.8 Å². The van der Waals surface area contributed by atoms with Gasteiger partial charge in [0, 0.05) is 11.6 Å². The van der Waals surface area contributed by atoms with Crippen LogP contribution in [0.2, 0.25) is 0 Å². The van der Waals surface area contributed by atoms with Gasteiger partial charge in [0.1, 0.15) is 0 Å². The van der Waals surface area contributed by atoms with Crippen LogP contribution in [-0.2, 0) is 11.0 Å². The smallest absolute Gasteiger partial charge is 0.268 e. The molecule has 25 heavy (non-hydrogen) atoms. The number of halogens is 3. The standard InChI is InChI=1S/C18H15F3N2O2/c1-12-5-2-3-8-15(12)17(25)23-22-16(24)10-9-13-6-4-7-14(11-13)18(19,20)21/h2-11H,1H3,(H,22,24)(H,23,25)/b10-9+.